The van der Waals surface area contributed by atoms with E-state index in [1.807, 2.05) is 6.20 Å². The third-order valence-corrected chi connectivity index (χ3v) is 3.07. The number of hydrogen-bond acceptors (Lipinski definition) is 2. The largest absolute Gasteiger partial charge is 0.330 e. The summed E-state index contributed by atoms with van der Waals surface area (Å²) in [7, 11) is 0. The number of rotatable bonds is 1. The molecule has 1 aliphatic carbocycles. The van der Waals surface area contributed by atoms with E-state index < -0.39 is 0 Å². The molecule has 2 heterocycles. The van der Waals surface area contributed by atoms with Gasteiger partial charge in [-0.3, -0.25) is 4.57 Å². The van der Waals surface area contributed by atoms with Gasteiger partial charge in [0.1, 0.15) is 0 Å². The maximum absolute atomic E-state index is 6.07. The summed E-state index contributed by atoms with van der Waals surface area (Å²) in [5.41, 5.74) is 8.65. The molecule has 0 fully saturated rings. The summed E-state index contributed by atoms with van der Waals surface area (Å²) in [6.07, 6.45) is 9.01. The molecule has 0 saturated heterocycles. The molecule has 0 aliphatic heterocycles. The molecule has 78 valence electrons. The van der Waals surface area contributed by atoms with Gasteiger partial charge in [-0.05, 0) is 30.9 Å². The number of nitrogens with zero attached hydrogens (tertiary/aromatic N) is 2. The lowest BCUT2D eigenvalue weighted by molar-refractivity contribution is 0.558. The Kier molecular flexibility index (Phi) is 1.89. The van der Waals surface area contributed by atoms with E-state index in [0.717, 1.165) is 18.8 Å². The normalized spacial score (nSPS) is 20.2. The van der Waals surface area contributed by atoms with Gasteiger partial charge in [-0.25, -0.2) is 4.98 Å². The van der Waals surface area contributed by atoms with Gasteiger partial charge in [0.25, 0.3) is 0 Å². The molecule has 0 amide bonds. The van der Waals surface area contributed by atoms with Gasteiger partial charge >= 0.3 is 0 Å². The third-order valence-electron chi connectivity index (χ3n) is 3.07. The summed E-state index contributed by atoms with van der Waals surface area (Å²) in [6.45, 7) is 0. The molecule has 2 aromatic rings. The molecule has 1 atom stereocenters. The summed E-state index contributed by atoms with van der Waals surface area (Å²) in [5.74, 6) is 0.880. The summed E-state index contributed by atoms with van der Waals surface area (Å²) >= 11 is 0. The zero-order chi connectivity index (χ0) is 10.3. The first kappa shape index (κ1) is 8.73. The van der Waals surface area contributed by atoms with Gasteiger partial charge in [-0.1, -0.05) is 0 Å². The quantitative estimate of drug-likeness (QED) is 0.736. The average molecular weight is 202 g/mol. The lowest BCUT2D eigenvalue weighted by Gasteiger charge is -2.20. The highest BCUT2D eigenvalue weighted by molar-refractivity contribution is 5.33. The second-order valence-corrected chi connectivity index (χ2v) is 4.00. The zero-order valence-electron chi connectivity index (χ0n) is 8.48. The van der Waals surface area contributed by atoms with E-state index in [2.05, 4.69) is 26.8 Å². The molecular weight excluding hydrogens is 188 g/mol. The first-order valence-corrected chi connectivity index (χ1v) is 5.32. The number of aromatic nitrogens is 3. The molecule has 15 heavy (non-hydrogen) atoms. The average Bonchev–Trinajstić information content (AvgIpc) is 2.85. The fraction of sp³-hybridized carbons (Fsp3) is 0.364. The van der Waals surface area contributed by atoms with Crippen LogP contribution in [0.3, 0.4) is 0 Å². The van der Waals surface area contributed by atoms with Crippen LogP contribution in [0.2, 0.25) is 0 Å². The summed E-state index contributed by atoms with van der Waals surface area (Å²) in [4.78, 5) is 7.37. The van der Waals surface area contributed by atoms with Crippen molar-refractivity contribution >= 4 is 0 Å². The Morgan fingerprint density at radius 3 is 3.27 bits per heavy atom. The Balaban J connectivity index is 2.11. The molecule has 0 spiro atoms. The van der Waals surface area contributed by atoms with Crippen LogP contribution in [0.1, 0.15) is 30.1 Å². The molecule has 0 radical (unpaired) electrons. The maximum Gasteiger partial charge on any atom is 0.211 e. The van der Waals surface area contributed by atoms with Crippen LogP contribution >= 0.6 is 0 Å². The Morgan fingerprint density at radius 2 is 2.47 bits per heavy atom. The Labute approximate surface area is 88.1 Å². The molecule has 2 aromatic heterocycles. The smallest absolute Gasteiger partial charge is 0.211 e. The van der Waals surface area contributed by atoms with E-state index in [-0.39, 0.29) is 6.04 Å². The van der Waals surface area contributed by atoms with Crippen LogP contribution in [0.5, 0.6) is 0 Å². The van der Waals surface area contributed by atoms with Crippen molar-refractivity contribution in [3.8, 4) is 5.95 Å². The van der Waals surface area contributed by atoms with Crippen LogP contribution in [0.4, 0.5) is 0 Å². The predicted molar refractivity (Wildman–Crippen MR) is 57.8 cm³/mol. The number of hydrogen-bond donors (Lipinski definition) is 2. The standard InChI is InChI=1S/C11H14N4/c12-9-2-1-3-10-8(9)4-7-15(10)11-13-5-6-14-11/h4-7,9H,1-3,12H2,(H,13,14). The van der Waals surface area contributed by atoms with Gasteiger partial charge in [-0.15, -0.1) is 0 Å². The fourth-order valence-electron chi connectivity index (χ4n) is 2.31. The van der Waals surface area contributed by atoms with Gasteiger partial charge in [0.15, 0.2) is 0 Å². The number of fused-ring (bicyclic) bond motifs is 1. The molecule has 3 N–H and O–H groups in total. The van der Waals surface area contributed by atoms with Gasteiger partial charge in [-0.2, -0.15) is 0 Å². The SMILES string of the molecule is NC1CCCc2c1ccn2-c1ncc[nH]1. The van der Waals surface area contributed by atoms with Crippen molar-refractivity contribution < 1.29 is 0 Å². The van der Waals surface area contributed by atoms with E-state index in [1.165, 1.54) is 17.7 Å². The van der Waals surface area contributed by atoms with Crippen molar-refractivity contribution in [1.29, 1.82) is 0 Å². The minimum absolute atomic E-state index is 0.199. The van der Waals surface area contributed by atoms with Gasteiger partial charge in [0.05, 0.1) is 0 Å². The van der Waals surface area contributed by atoms with Crippen LogP contribution in [0, 0.1) is 0 Å². The van der Waals surface area contributed by atoms with Gasteiger partial charge < -0.3 is 10.7 Å². The molecule has 1 unspecified atom stereocenters. The number of aromatic amines is 1. The van der Waals surface area contributed by atoms with E-state index >= 15 is 0 Å². The van der Waals surface area contributed by atoms with Crippen LogP contribution < -0.4 is 5.73 Å². The van der Waals surface area contributed by atoms with Crippen LogP contribution in [0.15, 0.2) is 24.7 Å². The summed E-state index contributed by atoms with van der Waals surface area (Å²) < 4.78 is 2.11. The fourth-order valence-corrected chi connectivity index (χ4v) is 2.31. The molecule has 0 bridgehead atoms. The Bertz CT molecular complexity index is 455. The van der Waals surface area contributed by atoms with Crippen molar-refractivity contribution in [2.24, 2.45) is 5.73 Å². The Morgan fingerprint density at radius 1 is 1.53 bits per heavy atom. The molecule has 4 nitrogen and oxygen atoms in total. The van der Waals surface area contributed by atoms with E-state index in [1.54, 1.807) is 6.20 Å². The Hall–Kier alpha value is -1.55. The van der Waals surface area contributed by atoms with Crippen molar-refractivity contribution in [2.75, 3.05) is 0 Å². The van der Waals surface area contributed by atoms with Crippen molar-refractivity contribution in [3.63, 3.8) is 0 Å². The van der Waals surface area contributed by atoms with Gasteiger partial charge in [0.2, 0.25) is 5.95 Å². The zero-order valence-corrected chi connectivity index (χ0v) is 8.48. The minimum atomic E-state index is 0.199. The summed E-state index contributed by atoms with van der Waals surface area (Å²) in [6, 6.07) is 2.31. The van der Waals surface area contributed by atoms with Crippen molar-refractivity contribution in [2.45, 2.75) is 25.3 Å². The molecule has 0 aromatic carbocycles. The molecular formula is C11H14N4. The second kappa shape index (κ2) is 3.24. The maximum atomic E-state index is 6.07. The molecule has 4 heteroatoms. The van der Waals surface area contributed by atoms with Gasteiger partial charge in [0, 0.05) is 30.3 Å². The van der Waals surface area contributed by atoms with E-state index in [9.17, 15) is 0 Å². The van der Waals surface area contributed by atoms with Crippen LogP contribution in [-0.4, -0.2) is 14.5 Å². The number of nitrogens with one attached hydrogen (secondary N) is 1. The third kappa shape index (κ3) is 1.29. The molecule has 0 saturated carbocycles. The van der Waals surface area contributed by atoms with Crippen molar-refractivity contribution in [3.05, 3.63) is 35.9 Å². The predicted octanol–water partition coefficient (Wildman–Crippen LogP) is 1.54. The van der Waals surface area contributed by atoms with Crippen molar-refractivity contribution in [1.82, 2.24) is 14.5 Å². The van der Waals surface area contributed by atoms with Crippen LogP contribution in [-0.2, 0) is 6.42 Å². The highest BCUT2D eigenvalue weighted by atomic mass is 15.2. The first-order chi connectivity index (χ1) is 7.36. The molecule has 3 rings (SSSR count). The highest BCUT2D eigenvalue weighted by Gasteiger charge is 2.20. The lowest BCUT2D eigenvalue weighted by atomic mass is 9.94. The monoisotopic (exact) mass is 202 g/mol. The highest BCUT2D eigenvalue weighted by Crippen LogP contribution is 2.29. The minimum Gasteiger partial charge on any atom is -0.330 e. The molecule has 1 aliphatic rings. The van der Waals surface area contributed by atoms with E-state index in [0.29, 0.717) is 0 Å². The van der Waals surface area contributed by atoms with E-state index in [4.69, 9.17) is 5.73 Å². The first-order valence-electron chi connectivity index (χ1n) is 5.32. The summed E-state index contributed by atoms with van der Waals surface area (Å²) in [5, 5.41) is 0. The number of imidazole rings is 1. The second-order valence-electron chi connectivity index (χ2n) is 4.00. The number of H-pyrrole nitrogens is 1. The lowest BCUT2D eigenvalue weighted by Crippen LogP contribution is -2.18. The number of nitrogens with two attached hydrogens (primary N) is 1. The van der Waals surface area contributed by atoms with Crippen LogP contribution in [0.25, 0.3) is 5.95 Å². The topological polar surface area (TPSA) is 59.6 Å².